The first-order valence-electron chi connectivity index (χ1n) is 6.24. The number of ether oxygens (including phenoxy) is 1. The highest BCUT2D eigenvalue weighted by atomic mass is 16.5. The van der Waals surface area contributed by atoms with E-state index >= 15 is 0 Å². The molecule has 0 fully saturated rings. The Morgan fingerprint density at radius 3 is 2.58 bits per heavy atom. The van der Waals surface area contributed by atoms with Crippen LogP contribution in [0.1, 0.15) is 18.9 Å². The molecule has 19 heavy (non-hydrogen) atoms. The van der Waals surface area contributed by atoms with Crippen molar-refractivity contribution in [1.29, 1.82) is 0 Å². The van der Waals surface area contributed by atoms with Crippen LogP contribution in [-0.2, 0) is 20.9 Å². The number of rotatable bonds is 8. The second-order valence-corrected chi connectivity index (χ2v) is 4.23. The fourth-order valence-electron chi connectivity index (χ4n) is 1.53. The average Bonchev–Trinajstić information content (AvgIpc) is 2.40. The highest BCUT2D eigenvalue weighted by Gasteiger charge is 2.15. The van der Waals surface area contributed by atoms with Crippen LogP contribution < -0.4 is 5.32 Å². The Bertz CT molecular complexity index is 405. The van der Waals surface area contributed by atoms with Gasteiger partial charge in [-0.3, -0.25) is 9.59 Å². The van der Waals surface area contributed by atoms with Crippen LogP contribution in [0.15, 0.2) is 30.3 Å². The fourth-order valence-corrected chi connectivity index (χ4v) is 1.53. The van der Waals surface area contributed by atoms with Gasteiger partial charge in [0, 0.05) is 6.54 Å². The number of carbonyl (C=O) groups excluding carboxylic acids is 1. The summed E-state index contributed by atoms with van der Waals surface area (Å²) in [4.78, 5) is 22.2. The van der Waals surface area contributed by atoms with Gasteiger partial charge < -0.3 is 15.2 Å². The van der Waals surface area contributed by atoms with E-state index in [-0.39, 0.29) is 19.1 Å². The van der Waals surface area contributed by atoms with E-state index in [4.69, 9.17) is 9.84 Å². The zero-order valence-electron chi connectivity index (χ0n) is 11.0. The molecule has 0 aromatic heterocycles. The Labute approximate surface area is 112 Å². The minimum Gasteiger partial charge on any atom is -0.481 e. The van der Waals surface area contributed by atoms with Gasteiger partial charge in [0.25, 0.3) is 0 Å². The van der Waals surface area contributed by atoms with Crippen molar-refractivity contribution >= 4 is 11.9 Å². The number of nitrogens with one attached hydrogen (secondary N) is 1. The van der Waals surface area contributed by atoms with Gasteiger partial charge in [-0.1, -0.05) is 37.3 Å². The quantitative estimate of drug-likeness (QED) is 0.745. The van der Waals surface area contributed by atoms with Crippen LogP contribution in [0.25, 0.3) is 0 Å². The predicted octanol–water partition coefficient (Wildman–Crippen LogP) is 1.43. The van der Waals surface area contributed by atoms with Crippen LogP contribution in [0.2, 0.25) is 0 Å². The van der Waals surface area contributed by atoms with Gasteiger partial charge in [-0.15, -0.1) is 0 Å². The molecule has 104 valence electrons. The molecule has 1 aromatic carbocycles. The largest absolute Gasteiger partial charge is 0.481 e. The summed E-state index contributed by atoms with van der Waals surface area (Å²) in [6.45, 7) is 2.21. The first kappa shape index (κ1) is 15.2. The molecule has 0 saturated heterocycles. The van der Waals surface area contributed by atoms with E-state index in [2.05, 4.69) is 5.32 Å². The van der Waals surface area contributed by atoms with Gasteiger partial charge in [0.05, 0.1) is 12.5 Å². The summed E-state index contributed by atoms with van der Waals surface area (Å²) in [7, 11) is 0. The first-order chi connectivity index (χ1) is 9.13. The summed E-state index contributed by atoms with van der Waals surface area (Å²) in [5.74, 6) is -1.73. The van der Waals surface area contributed by atoms with Gasteiger partial charge in [0.2, 0.25) is 5.91 Å². The number of amides is 1. The monoisotopic (exact) mass is 265 g/mol. The van der Waals surface area contributed by atoms with Crippen LogP contribution in [-0.4, -0.2) is 30.1 Å². The molecule has 1 amide bonds. The van der Waals surface area contributed by atoms with Crippen molar-refractivity contribution < 1.29 is 19.4 Å². The van der Waals surface area contributed by atoms with Crippen LogP contribution in [0, 0.1) is 5.92 Å². The lowest BCUT2D eigenvalue weighted by molar-refractivity contribution is -0.141. The van der Waals surface area contributed by atoms with Crippen molar-refractivity contribution in [1.82, 2.24) is 5.32 Å². The second kappa shape index (κ2) is 8.26. The zero-order chi connectivity index (χ0) is 14.1. The maximum Gasteiger partial charge on any atom is 0.308 e. The molecule has 0 heterocycles. The molecule has 1 unspecified atom stereocenters. The van der Waals surface area contributed by atoms with Gasteiger partial charge in [0.1, 0.15) is 6.61 Å². The molecular weight excluding hydrogens is 246 g/mol. The molecule has 0 aliphatic rings. The predicted molar refractivity (Wildman–Crippen MR) is 70.5 cm³/mol. The van der Waals surface area contributed by atoms with E-state index in [1.54, 1.807) is 6.92 Å². The number of aliphatic carboxylic acids is 1. The molecule has 1 atom stereocenters. The Balaban J connectivity index is 2.19. The van der Waals surface area contributed by atoms with E-state index in [1.165, 1.54) is 0 Å². The van der Waals surface area contributed by atoms with Crippen LogP contribution in [0.4, 0.5) is 0 Å². The van der Waals surface area contributed by atoms with Crippen LogP contribution >= 0.6 is 0 Å². The molecule has 0 spiro atoms. The number of carboxylic acids is 1. The molecule has 5 heteroatoms. The maximum atomic E-state index is 11.4. The van der Waals surface area contributed by atoms with Gasteiger partial charge >= 0.3 is 5.97 Å². The molecule has 1 aromatic rings. The normalized spacial score (nSPS) is 11.8. The molecule has 0 bridgehead atoms. The minimum absolute atomic E-state index is 0.0645. The molecule has 0 radical (unpaired) electrons. The Morgan fingerprint density at radius 2 is 2.00 bits per heavy atom. The third kappa shape index (κ3) is 6.01. The summed E-state index contributed by atoms with van der Waals surface area (Å²) < 4.78 is 5.25. The smallest absolute Gasteiger partial charge is 0.308 e. The molecule has 1 rings (SSSR count). The highest BCUT2D eigenvalue weighted by Crippen LogP contribution is 2.01. The SMILES string of the molecule is CCC(CNC(=O)COCc1ccccc1)C(=O)O. The van der Waals surface area contributed by atoms with E-state index in [9.17, 15) is 9.59 Å². The molecule has 0 aliphatic carbocycles. The van der Waals surface area contributed by atoms with Gasteiger partial charge in [-0.2, -0.15) is 0 Å². The molecule has 0 saturated carbocycles. The standard InChI is InChI=1S/C14H19NO4/c1-2-12(14(17)18)8-15-13(16)10-19-9-11-6-4-3-5-7-11/h3-7,12H,2,8-10H2,1H3,(H,15,16)(H,17,18). The van der Waals surface area contributed by atoms with Crippen molar-refractivity contribution in [2.24, 2.45) is 5.92 Å². The van der Waals surface area contributed by atoms with Gasteiger partial charge in [-0.05, 0) is 12.0 Å². The van der Waals surface area contributed by atoms with E-state index in [0.717, 1.165) is 5.56 Å². The first-order valence-corrected chi connectivity index (χ1v) is 6.24. The number of carbonyl (C=O) groups is 2. The molecule has 2 N–H and O–H groups in total. The Kier molecular flexibility index (Phi) is 6.60. The van der Waals surface area contributed by atoms with Gasteiger partial charge in [-0.25, -0.2) is 0 Å². The van der Waals surface area contributed by atoms with Gasteiger partial charge in [0.15, 0.2) is 0 Å². The molecular formula is C14H19NO4. The third-order valence-electron chi connectivity index (χ3n) is 2.73. The molecule has 5 nitrogen and oxygen atoms in total. The number of benzene rings is 1. The minimum atomic E-state index is -0.895. The molecule has 0 aliphatic heterocycles. The zero-order valence-corrected chi connectivity index (χ0v) is 11.0. The van der Waals surface area contributed by atoms with E-state index in [1.807, 2.05) is 30.3 Å². The summed E-state index contributed by atoms with van der Waals surface area (Å²) >= 11 is 0. The van der Waals surface area contributed by atoms with E-state index in [0.29, 0.717) is 13.0 Å². The average molecular weight is 265 g/mol. The third-order valence-corrected chi connectivity index (χ3v) is 2.73. The summed E-state index contributed by atoms with van der Waals surface area (Å²) in [6.07, 6.45) is 0.487. The Morgan fingerprint density at radius 1 is 1.32 bits per heavy atom. The van der Waals surface area contributed by atoms with Crippen molar-refractivity contribution in [2.45, 2.75) is 20.0 Å². The Hall–Kier alpha value is -1.88. The van der Waals surface area contributed by atoms with Crippen LogP contribution in [0.3, 0.4) is 0 Å². The van der Waals surface area contributed by atoms with Crippen molar-refractivity contribution in [3.63, 3.8) is 0 Å². The van der Waals surface area contributed by atoms with Crippen molar-refractivity contribution in [3.8, 4) is 0 Å². The van der Waals surface area contributed by atoms with Crippen LogP contribution in [0.5, 0.6) is 0 Å². The second-order valence-electron chi connectivity index (χ2n) is 4.23. The summed E-state index contributed by atoms with van der Waals surface area (Å²) in [5, 5.41) is 11.4. The lowest BCUT2D eigenvalue weighted by Crippen LogP contribution is -2.34. The summed E-state index contributed by atoms with van der Waals surface area (Å²) in [6, 6.07) is 9.53. The highest BCUT2D eigenvalue weighted by molar-refractivity contribution is 5.78. The number of hydrogen-bond acceptors (Lipinski definition) is 3. The lowest BCUT2D eigenvalue weighted by Gasteiger charge is -2.11. The van der Waals surface area contributed by atoms with Crippen molar-refractivity contribution in [3.05, 3.63) is 35.9 Å². The lowest BCUT2D eigenvalue weighted by atomic mass is 10.1. The maximum absolute atomic E-state index is 11.4. The van der Waals surface area contributed by atoms with Crippen molar-refractivity contribution in [2.75, 3.05) is 13.2 Å². The topological polar surface area (TPSA) is 75.6 Å². The number of hydrogen-bond donors (Lipinski definition) is 2. The van der Waals surface area contributed by atoms with E-state index < -0.39 is 11.9 Å². The summed E-state index contributed by atoms with van der Waals surface area (Å²) in [5.41, 5.74) is 0.993. The fraction of sp³-hybridized carbons (Fsp3) is 0.429. The number of carboxylic acid groups (broad SMARTS) is 1.